The van der Waals surface area contributed by atoms with Gasteiger partial charge in [0.2, 0.25) is 0 Å². The van der Waals surface area contributed by atoms with E-state index in [4.69, 9.17) is 0 Å². The van der Waals surface area contributed by atoms with Crippen LogP contribution in [-0.2, 0) is 0 Å². The van der Waals surface area contributed by atoms with E-state index < -0.39 is 6.10 Å². The number of nitrogens with one attached hydrogen (secondary N) is 1. The lowest BCUT2D eigenvalue weighted by atomic mass is 10.1. The molecule has 2 nitrogen and oxygen atoms in total. The summed E-state index contributed by atoms with van der Waals surface area (Å²) in [6.45, 7) is 0.496. The molecule has 0 heterocycles. The molecule has 0 aliphatic carbocycles. The van der Waals surface area contributed by atoms with E-state index in [9.17, 15) is 5.11 Å². The van der Waals surface area contributed by atoms with Crippen LogP contribution in [-0.4, -0.2) is 11.7 Å². The molecule has 18 heavy (non-hydrogen) atoms. The van der Waals surface area contributed by atoms with Crippen molar-refractivity contribution in [1.29, 1.82) is 0 Å². The minimum atomic E-state index is -0.499. The topological polar surface area (TPSA) is 32.3 Å². The molecule has 94 valence electrons. The molecule has 0 aliphatic rings. The summed E-state index contributed by atoms with van der Waals surface area (Å²) in [6, 6.07) is 15.7. The van der Waals surface area contributed by atoms with Gasteiger partial charge in [-0.3, -0.25) is 0 Å². The molecule has 2 aromatic rings. The molecule has 0 fully saturated rings. The van der Waals surface area contributed by atoms with Crippen molar-refractivity contribution < 1.29 is 5.11 Å². The highest BCUT2D eigenvalue weighted by Crippen LogP contribution is 2.23. The summed E-state index contributed by atoms with van der Waals surface area (Å²) in [5.41, 5.74) is 1.95. The van der Waals surface area contributed by atoms with Gasteiger partial charge in [0.1, 0.15) is 0 Å². The Morgan fingerprint density at radius 1 is 1.17 bits per heavy atom. The van der Waals surface area contributed by atoms with Crippen LogP contribution in [0.5, 0.6) is 0 Å². The molecular formula is C14H13BrINO. The third kappa shape index (κ3) is 3.70. The van der Waals surface area contributed by atoms with Gasteiger partial charge in [0.05, 0.1) is 6.10 Å². The van der Waals surface area contributed by atoms with E-state index in [2.05, 4.69) is 43.8 Å². The number of hydrogen-bond donors (Lipinski definition) is 2. The molecule has 1 unspecified atom stereocenters. The second-order valence-electron chi connectivity index (χ2n) is 3.93. The van der Waals surface area contributed by atoms with Gasteiger partial charge < -0.3 is 10.4 Å². The highest BCUT2D eigenvalue weighted by atomic mass is 127. The Kier molecular flexibility index (Phi) is 5.03. The zero-order chi connectivity index (χ0) is 13.0. The van der Waals surface area contributed by atoms with Gasteiger partial charge >= 0.3 is 0 Å². The van der Waals surface area contributed by atoms with Crippen LogP contribution < -0.4 is 5.32 Å². The lowest BCUT2D eigenvalue weighted by molar-refractivity contribution is 0.191. The summed E-state index contributed by atoms with van der Waals surface area (Å²) in [5.74, 6) is 0. The van der Waals surface area contributed by atoms with Gasteiger partial charge in [0.15, 0.2) is 0 Å². The van der Waals surface area contributed by atoms with Crippen LogP contribution in [0.3, 0.4) is 0 Å². The predicted molar refractivity (Wildman–Crippen MR) is 86.8 cm³/mol. The first-order valence-corrected chi connectivity index (χ1v) is 7.46. The predicted octanol–water partition coefficient (Wildman–Crippen LogP) is 4.20. The molecule has 4 heteroatoms. The monoisotopic (exact) mass is 417 g/mol. The minimum absolute atomic E-state index is 0.496. The van der Waals surface area contributed by atoms with Crippen LogP contribution in [0, 0.1) is 3.57 Å². The van der Waals surface area contributed by atoms with Crippen molar-refractivity contribution in [2.75, 3.05) is 11.9 Å². The van der Waals surface area contributed by atoms with E-state index in [1.54, 1.807) is 0 Å². The van der Waals surface area contributed by atoms with Crippen molar-refractivity contribution in [3.63, 3.8) is 0 Å². The fraction of sp³-hybridized carbons (Fsp3) is 0.143. The highest BCUT2D eigenvalue weighted by molar-refractivity contribution is 14.1. The average Bonchev–Trinajstić information content (AvgIpc) is 2.40. The summed E-state index contributed by atoms with van der Waals surface area (Å²) < 4.78 is 2.16. The molecule has 0 saturated carbocycles. The van der Waals surface area contributed by atoms with Gasteiger partial charge in [0.25, 0.3) is 0 Å². The molecule has 2 N–H and O–H groups in total. The van der Waals surface area contributed by atoms with Crippen LogP contribution in [0.25, 0.3) is 0 Å². The van der Waals surface area contributed by atoms with Crippen molar-refractivity contribution >= 4 is 44.2 Å². The van der Waals surface area contributed by atoms with Gasteiger partial charge in [-0.1, -0.05) is 46.3 Å². The smallest absolute Gasteiger partial charge is 0.0962 e. The van der Waals surface area contributed by atoms with Gasteiger partial charge in [-0.05, 0) is 46.4 Å². The van der Waals surface area contributed by atoms with E-state index in [0.29, 0.717) is 6.54 Å². The summed E-state index contributed by atoms with van der Waals surface area (Å²) >= 11 is 5.72. The molecule has 0 radical (unpaired) electrons. The quantitative estimate of drug-likeness (QED) is 0.730. The Morgan fingerprint density at radius 2 is 1.89 bits per heavy atom. The minimum Gasteiger partial charge on any atom is -0.387 e. The molecule has 0 bridgehead atoms. The lowest BCUT2D eigenvalue weighted by Gasteiger charge is -2.14. The largest absolute Gasteiger partial charge is 0.387 e. The second kappa shape index (κ2) is 6.54. The van der Waals surface area contributed by atoms with Gasteiger partial charge in [-0.15, -0.1) is 0 Å². The number of halogens is 2. The molecule has 0 aliphatic heterocycles. The van der Waals surface area contributed by atoms with Gasteiger partial charge in [-0.25, -0.2) is 0 Å². The maximum absolute atomic E-state index is 10.1. The lowest BCUT2D eigenvalue weighted by Crippen LogP contribution is -2.12. The molecule has 2 aromatic carbocycles. The molecular weight excluding hydrogens is 405 g/mol. The number of aliphatic hydroxyl groups is 1. The number of aliphatic hydroxyl groups excluding tert-OH is 1. The van der Waals surface area contributed by atoms with Crippen LogP contribution in [0.1, 0.15) is 11.7 Å². The average molecular weight is 418 g/mol. The number of benzene rings is 2. The summed E-state index contributed by atoms with van der Waals surface area (Å²) in [4.78, 5) is 0. The fourth-order valence-corrected chi connectivity index (χ4v) is 2.52. The van der Waals surface area contributed by atoms with E-state index in [1.807, 2.05) is 48.5 Å². The third-order valence-corrected chi connectivity index (χ3v) is 4.03. The molecule has 0 spiro atoms. The Balaban J connectivity index is 2.01. The third-order valence-electron chi connectivity index (χ3n) is 2.60. The standard InChI is InChI=1S/C14H13BrINO/c15-11-6-7-12(16)13(8-11)17-9-14(18)10-4-2-1-3-5-10/h1-8,14,17-18H,9H2. The van der Waals surface area contributed by atoms with Crippen LogP contribution in [0.4, 0.5) is 5.69 Å². The first-order valence-electron chi connectivity index (χ1n) is 5.59. The Labute approximate surface area is 129 Å². The van der Waals surface area contributed by atoms with Crippen molar-refractivity contribution in [2.45, 2.75) is 6.10 Å². The van der Waals surface area contributed by atoms with Crippen molar-refractivity contribution in [2.24, 2.45) is 0 Å². The van der Waals surface area contributed by atoms with Gasteiger partial charge in [0, 0.05) is 20.3 Å². The Hall–Kier alpha value is -0.590. The maximum Gasteiger partial charge on any atom is 0.0962 e. The number of hydrogen-bond acceptors (Lipinski definition) is 2. The van der Waals surface area contributed by atoms with Crippen LogP contribution in [0.2, 0.25) is 0 Å². The Bertz CT molecular complexity index is 518. The van der Waals surface area contributed by atoms with Gasteiger partial charge in [-0.2, -0.15) is 0 Å². The zero-order valence-corrected chi connectivity index (χ0v) is 13.3. The first kappa shape index (κ1) is 13.8. The summed E-state index contributed by atoms with van der Waals surface area (Å²) in [5, 5.41) is 13.3. The van der Waals surface area contributed by atoms with E-state index >= 15 is 0 Å². The highest BCUT2D eigenvalue weighted by Gasteiger charge is 2.07. The van der Waals surface area contributed by atoms with Crippen molar-refractivity contribution in [3.8, 4) is 0 Å². The zero-order valence-electron chi connectivity index (χ0n) is 9.61. The van der Waals surface area contributed by atoms with Crippen LogP contribution in [0.15, 0.2) is 53.0 Å². The maximum atomic E-state index is 10.1. The van der Waals surface area contributed by atoms with Crippen LogP contribution >= 0.6 is 38.5 Å². The Morgan fingerprint density at radius 3 is 2.61 bits per heavy atom. The normalized spacial score (nSPS) is 12.2. The molecule has 0 amide bonds. The molecule has 2 rings (SSSR count). The SMILES string of the molecule is OC(CNc1cc(Br)ccc1I)c1ccccc1. The first-order chi connectivity index (χ1) is 8.66. The number of anilines is 1. The number of rotatable bonds is 4. The van der Waals surface area contributed by atoms with E-state index in [1.165, 1.54) is 0 Å². The molecule has 1 atom stereocenters. The van der Waals surface area contributed by atoms with Crippen molar-refractivity contribution in [3.05, 3.63) is 62.1 Å². The van der Waals surface area contributed by atoms with Crippen molar-refractivity contribution in [1.82, 2.24) is 0 Å². The summed E-state index contributed by atoms with van der Waals surface area (Å²) in [6.07, 6.45) is -0.499. The summed E-state index contributed by atoms with van der Waals surface area (Å²) in [7, 11) is 0. The molecule has 0 aromatic heterocycles. The second-order valence-corrected chi connectivity index (χ2v) is 6.01. The van der Waals surface area contributed by atoms with E-state index in [0.717, 1.165) is 19.3 Å². The fourth-order valence-electron chi connectivity index (χ4n) is 1.63. The molecule has 0 saturated heterocycles. The van der Waals surface area contributed by atoms with E-state index in [-0.39, 0.29) is 0 Å².